The summed E-state index contributed by atoms with van der Waals surface area (Å²) < 4.78 is 10.9. The van der Waals surface area contributed by atoms with Crippen molar-refractivity contribution in [2.75, 3.05) is 53.0 Å². The molecule has 2 rings (SSSR count). The summed E-state index contributed by atoms with van der Waals surface area (Å²) in [5.41, 5.74) is 0. The van der Waals surface area contributed by atoms with Crippen molar-refractivity contribution in [1.82, 2.24) is 15.1 Å². The van der Waals surface area contributed by atoms with E-state index in [1.54, 1.807) is 4.90 Å². The molecule has 0 aromatic carbocycles. The molecular formula is C22H41N3O6. The molecule has 9 nitrogen and oxygen atoms in total. The molecule has 0 bridgehead atoms. The Balaban J connectivity index is 1.96. The fraction of sp³-hybridized carbons (Fsp3) is 0.909. The van der Waals surface area contributed by atoms with Crippen molar-refractivity contribution >= 4 is 11.8 Å². The zero-order valence-corrected chi connectivity index (χ0v) is 19.1. The summed E-state index contributed by atoms with van der Waals surface area (Å²) in [5, 5.41) is 23.8. The number of aliphatic hydroxyl groups excluding tert-OH is 2. The molecule has 1 saturated heterocycles. The molecule has 2 aliphatic rings. The summed E-state index contributed by atoms with van der Waals surface area (Å²) in [6.07, 6.45) is 3.94. The van der Waals surface area contributed by atoms with Gasteiger partial charge in [0.15, 0.2) is 0 Å². The van der Waals surface area contributed by atoms with Crippen LogP contribution < -0.4 is 5.32 Å². The number of nitrogens with one attached hydrogen (secondary N) is 1. The molecule has 2 amide bonds. The average molecular weight is 444 g/mol. The Morgan fingerprint density at radius 3 is 2.45 bits per heavy atom. The quantitative estimate of drug-likeness (QED) is 0.566. The first-order chi connectivity index (χ1) is 14.9. The van der Waals surface area contributed by atoms with Crippen LogP contribution in [0.15, 0.2) is 0 Å². The van der Waals surface area contributed by atoms with Gasteiger partial charge >= 0.3 is 0 Å². The molecular weight excluding hydrogens is 402 g/mol. The van der Waals surface area contributed by atoms with E-state index in [1.165, 1.54) is 26.9 Å². The van der Waals surface area contributed by atoms with Crippen LogP contribution in [-0.2, 0) is 19.1 Å². The highest BCUT2D eigenvalue weighted by atomic mass is 16.5. The van der Waals surface area contributed by atoms with Gasteiger partial charge in [-0.25, -0.2) is 0 Å². The molecule has 9 heteroatoms. The normalized spacial score (nSPS) is 28.6. The van der Waals surface area contributed by atoms with Gasteiger partial charge in [0.1, 0.15) is 18.3 Å². The molecule has 3 N–H and O–H groups in total. The lowest BCUT2D eigenvalue weighted by Gasteiger charge is -2.31. The van der Waals surface area contributed by atoms with Gasteiger partial charge in [0.2, 0.25) is 11.8 Å². The summed E-state index contributed by atoms with van der Waals surface area (Å²) in [6.45, 7) is 4.48. The standard InChI is InChI=1S/C22H41N3O6/c1-17(26)25-12-7-11-24(15-21(28)23-18-8-3-4-9-18)10-5-6-13-31-16-19(27)22(29)20(14-25)30-2/h18-20,22,27,29H,3-16H2,1-2H3,(H,23,28)/t19-,20-,22-/m0/s1. The van der Waals surface area contributed by atoms with E-state index in [4.69, 9.17) is 9.47 Å². The molecule has 1 aliphatic carbocycles. The van der Waals surface area contributed by atoms with E-state index in [2.05, 4.69) is 10.2 Å². The van der Waals surface area contributed by atoms with Gasteiger partial charge in [-0.3, -0.25) is 14.5 Å². The minimum absolute atomic E-state index is 0.00854. The van der Waals surface area contributed by atoms with Crippen molar-refractivity contribution in [3.8, 4) is 0 Å². The molecule has 0 aromatic rings. The van der Waals surface area contributed by atoms with Gasteiger partial charge in [-0.05, 0) is 38.6 Å². The molecule has 0 unspecified atom stereocenters. The summed E-state index contributed by atoms with van der Waals surface area (Å²) >= 11 is 0. The van der Waals surface area contributed by atoms with Gasteiger partial charge in [-0.1, -0.05) is 12.8 Å². The number of carbonyl (C=O) groups excluding carboxylic acids is 2. The maximum absolute atomic E-state index is 12.5. The number of nitrogens with zero attached hydrogens (tertiary/aromatic N) is 2. The van der Waals surface area contributed by atoms with Gasteiger partial charge in [-0.15, -0.1) is 0 Å². The van der Waals surface area contributed by atoms with Gasteiger partial charge < -0.3 is 29.9 Å². The second-order valence-corrected chi connectivity index (χ2v) is 8.76. The zero-order chi connectivity index (χ0) is 22.6. The highest BCUT2D eigenvalue weighted by molar-refractivity contribution is 5.78. The van der Waals surface area contributed by atoms with E-state index >= 15 is 0 Å². The topological polar surface area (TPSA) is 112 Å². The predicted molar refractivity (Wildman–Crippen MR) is 117 cm³/mol. The third-order valence-corrected chi connectivity index (χ3v) is 6.22. The Hall–Kier alpha value is -1.26. The van der Waals surface area contributed by atoms with Crippen LogP contribution in [0.5, 0.6) is 0 Å². The first kappa shape index (κ1) is 26.0. The lowest BCUT2D eigenvalue weighted by molar-refractivity contribution is -0.136. The second kappa shape index (κ2) is 14.0. The number of hydrogen-bond acceptors (Lipinski definition) is 7. The monoisotopic (exact) mass is 443 g/mol. The summed E-state index contributed by atoms with van der Waals surface area (Å²) in [4.78, 5) is 28.4. The third kappa shape index (κ3) is 9.41. The van der Waals surface area contributed by atoms with E-state index < -0.39 is 18.3 Å². The highest BCUT2D eigenvalue weighted by Crippen LogP contribution is 2.17. The maximum atomic E-state index is 12.5. The van der Waals surface area contributed by atoms with E-state index in [0.29, 0.717) is 38.7 Å². The number of methoxy groups -OCH3 is 1. The van der Waals surface area contributed by atoms with E-state index in [0.717, 1.165) is 32.2 Å². The molecule has 2 fully saturated rings. The Morgan fingerprint density at radius 2 is 1.77 bits per heavy atom. The number of amides is 2. The molecule has 1 saturated carbocycles. The Labute approximate surface area is 186 Å². The number of aliphatic hydroxyl groups is 2. The SMILES string of the molecule is CO[C@H]1CN(C(C)=O)CCCN(CC(=O)NC2CCCC2)CCCCOC[C@H](O)[C@@H]1O. The van der Waals surface area contributed by atoms with Crippen LogP contribution in [0.2, 0.25) is 0 Å². The van der Waals surface area contributed by atoms with Crippen molar-refractivity contribution in [3.05, 3.63) is 0 Å². The molecule has 1 aliphatic heterocycles. The molecule has 0 spiro atoms. The Kier molecular flexibility index (Phi) is 11.7. The number of rotatable bonds is 4. The van der Waals surface area contributed by atoms with Crippen LogP contribution in [0, 0.1) is 0 Å². The largest absolute Gasteiger partial charge is 0.388 e. The number of hydrogen-bond donors (Lipinski definition) is 3. The minimum atomic E-state index is -1.15. The van der Waals surface area contributed by atoms with Crippen LogP contribution in [0.4, 0.5) is 0 Å². The Bertz CT molecular complexity index is 543. The lowest BCUT2D eigenvalue weighted by Crippen LogP contribution is -2.48. The van der Waals surface area contributed by atoms with E-state index in [9.17, 15) is 19.8 Å². The average Bonchev–Trinajstić information content (AvgIpc) is 3.23. The molecule has 180 valence electrons. The van der Waals surface area contributed by atoms with Crippen LogP contribution in [0.1, 0.15) is 51.9 Å². The van der Waals surface area contributed by atoms with Crippen molar-refractivity contribution in [1.29, 1.82) is 0 Å². The van der Waals surface area contributed by atoms with Gasteiger partial charge in [-0.2, -0.15) is 0 Å². The fourth-order valence-corrected chi connectivity index (χ4v) is 4.31. The highest BCUT2D eigenvalue weighted by Gasteiger charge is 2.29. The zero-order valence-electron chi connectivity index (χ0n) is 19.1. The van der Waals surface area contributed by atoms with Gasteiger partial charge in [0, 0.05) is 46.3 Å². The van der Waals surface area contributed by atoms with E-state index in [-0.39, 0.29) is 25.0 Å². The molecule has 0 aromatic heterocycles. The van der Waals surface area contributed by atoms with Crippen LogP contribution in [0.25, 0.3) is 0 Å². The second-order valence-electron chi connectivity index (χ2n) is 8.76. The summed E-state index contributed by atoms with van der Waals surface area (Å²) in [7, 11) is 1.46. The van der Waals surface area contributed by atoms with Crippen molar-refractivity contribution in [2.45, 2.75) is 76.2 Å². The first-order valence-corrected chi connectivity index (χ1v) is 11.6. The predicted octanol–water partition coefficient (Wildman–Crippen LogP) is 0.133. The third-order valence-electron chi connectivity index (χ3n) is 6.22. The van der Waals surface area contributed by atoms with Gasteiger partial charge in [0.25, 0.3) is 0 Å². The van der Waals surface area contributed by atoms with Crippen molar-refractivity contribution < 1.29 is 29.3 Å². The molecule has 0 radical (unpaired) electrons. The Morgan fingerprint density at radius 1 is 1.06 bits per heavy atom. The minimum Gasteiger partial charge on any atom is -0.388 e. The first-order valence-electron chi connectivity index (χ1n) is 11.6. The van der Waals surface area contributed by atoms with Crippen LogP contribution in [0.3, 0.4) is 0 Å². The van der Waals surface area contributed by atoms with Crippen molar-refractivity contribution in [2.24, 2.45) is 0 Å². The smallest absolute Gasteiger partial charge is 0.234 e. The molecule has 1 heterocycles. The number of carbonyl (C=O) groups is 2. The van der Waals surface area contributed by atoms with Crippen LogP contribution in [-0.4, -0.2) is 109 Å². The molecule has 31 heavy (non-hydrogen) atoms. The lowest BCUT2D eigenvalue weighted by atomic mass is 10.1. The summed E-state index contributed by atoms with van der Waals surface area (Å²) in [5.74, 6) is -0.0509. The fourth-order valence-electron chi connectivity index (χ4n) is 4.31. The van der Waals surface area contributed by atoms with Crippen LogP contribution >= 0.6 is 0 Å². The maximum Gasteiger partial charge on any atom is 0.234 e. The van der Waals surface area contributed by atoms with Gasteiger partial charge in [0.05, 0.1) is 13.2 Å². The number of ether oxygens (including phenoxy) is 2. The summed E-state index contributed by atoms with van der Waals surface area (Å²) in [6, 6.07) is 0.307. The van der Waals surface area contributed by atoms with Crippen molar-refractivity contribution in [3.63, 3.8) is 0 Å². The van der Waals surface area contributed by atoms with E-state index in [1.807, 2.05) is 0 Å². The molecule has 3 atom stereocenters.